The first-order chi connectivity index (χ1) is 11.1. The Morgan fingerprint density at radius 2 is 1.74 bits per heavy atom. The molecule has 0 amide bonds. The number of hydrogen-bond donors (Lipinski definition) is 1. The van der Waals surface area contributed by atoms with Crippen LogP contribution in [0.5, 0.6) is 0 Å². The fourth-order valence-electron chi connectivity index (χ4n) is 2.69. The minimum absolute atomic E-state index is 0.229. The van der Waals surface area contributed by atoms with Gasteiger partial charge in [0, 0.05) is 16.1 Å². The second-order valence-corrected chi connectivity index (χ2v) is 5.65. The van der Waals surface area contributed by atoms with Crippen LogP contribution in [0.25, 0.3) is 22.4 Å². The van der Waals surface area contributed by atoms with Crippen LogP contribution in [0.15, 0.2) is 54.6 Å². The number of aromatic nitrogens is 1. The second-order valence-electron chi connectivity index (χ2n) is 5.21. The van der Waals surface area contributed by atoms with Crippen LogP contribution >= 0.6 is 11.6 Å². The lowest BCUT2D eigenvalue weighted by atomic mass is 9.93. The number of anilines is 1. The molecular weight excluding hydrogens is 306 g/mol. The molecule has 0 saturated carbocycles. The molecule has 0 saturated heterocycles. The largest absolute Gasteiger partial charge is 0.383 e. The SMILES string of the molecule is Cc1c(-c2ccccc2)nc(N)c(C#N)c1-c1cccc(Cl)c1. The summed E-state index contributed by atoms with van der Waals surface area (Å²) >= 11 is 6.11. The van der Waals surface area contributed by atoms with E-state index in [1.54, 1.807) is 6.07 Å². The molecule has 3 rings (SSSR count). The molecule has 0 aliphatic rings. The number of nitriles is 1. The van der Waals surface area contributed by atoms with Crippen molar-refractivity contribution in [1.82, 2.24) is 4.98 Å². The van der Waals surface area contributed by atoms with Gasteiger partial charge >= 0.3 is 0 Å². The molecule has 0 radical (unpaired) electrons. The number of benzene rings is 2. The first-order valence-corrected chi connectivity index (χ1v) is 7.51. The first-order valence-electron chi connectivity index (χ1n) is 7.13. The maximum atomic E-state index is 9.51. The van der Waals surface area contributed by atoms with Gasteiger partial charge in [-0.05, 0) is 30.2 Å². The molecule has 0 bridgehead atoms. The van der Waals surface area contributed by atoms with Crippen molar-refractivity contribution in [3.63, 3.8) is 0 Å². The van der Waals surface area contributed by atoms with Crippen LogP contribution in [0.2, 0.25) is 5.02 Å². The highest BCUT2D eigenvalue weighted by Gasteiger charge is 2.18. The van der Waals surface area contributed by atoms with Crippen molar-refractivity contribution >= 4 is 17.4 Å². The Hall–Kier alpha value is -2.83. The molecule has 2 N–H and O–H groups in total. The molecule has 3 aromatic rings. The molecule has 3 nitrogen and oxygen atoms in total. The number of hydrogen-bond acceptors (Lipinski definition) is 3. The van der Waals surface area contributed by atoms with Crippen LogP contribution in [0.3, 0.4) is 0 Å². The van der Waals surface area contributed by atoms with E-state index < -0.39 is 0 Å². The fourth-order valence-corrected chi connectivity index (χ4v) is 2.88. The molecule has 0 atom stereocenters. The summed E-state index contributed by atoms with van der Waals surface area (Å²) in [7, 11) is 0. The normalized spacial score (nSPS) is 10.3. The maximum absolute atomic E-state index is 9.51. The summed E-state index contributed by atoms with van der Waals surface area (Å²) in [4.78, 5) is 4.44. The Kier molecular flexibility index (Phi) is 4.01. The smallest absolute Gasteiger partial charge is 0.142 e. The van der Waals surface area contributed by atoms with E-state index >= 15 is 0 Å². The summed E-state index contributed by atoms with van der Waals surface area (Å²) in [5.41, 5.74) is 10.7. The van der Waals surface area contributed by atoms with E-state index in [-0.39, 0.29) is 5.82 Å². The van der Waals surface area contributed by atoms with Crippen LogP contribution in [0, 0.1) is 18.3 Å². The van der Waals surface area contributed by atoms with Gasteiger partial charge in [0.15, 0.2) is 0 Å². The number of rotatable bonds is 2. The number of nitrogens with zero attached hydrogens (tertiary/aromatic N) is 2. The van der Waals surface area contributed by atoms with E-state index in [4.69, 9.17) is 17.3 Å². The highest BCUT2D eigenvalue weighted by Crippen LogP contribution is 2.36. The lowest BCUT2D eigenvalue weighted by Crippen LogP contribution is -2.03. The van der Waals surface area contributed by atoms with Crippen LogP contribution in [0.4, 0.5) is 5.82 Å². The summed E-state index contributed by atoms with van der Waals surface area (Å²) in [5.74, 6) is 0.229. The van der Waals surface area contributed by atoms with E-state index in [2.05, 4.69) is 11.1 Å². The third-order valence-electron chi connectivity index (χ3n) is 3.74. The zero-order chi connectivity index (χ0) is 16.4. The monoisotopic (exact) mass is 319 g/mol. The molecule has 0 aliphatic heterocycles. The van der Waals surface area contributed by atoms with Gasteiger partial charge in [0.2, 0.25) is 0 Å². The van der Waals surface area contributed by atoms with Crippen LogP contribution in [-0.2, 0) is 0 Å². The number of nitrogens with two attached hydrogens (primary N) is 1. The Morgan fingerprint density at radius 3 is 2.39 bits per heavy atom. The lowest BCUT2D eigenvalue weighted by Gasteiger charge is -2.15. The minimum Gasteiger partial charge on any atom is -0.383 e. The zero-order valence-electron chi connectivity index (χ0n) is 12.5. The quantitative estimate of drug-likeness (QED) is 0.735. The molecule has 4 heteroatoms. The van der Waals surface area contributed by atoms with E-state index in [0.29, 0.717) is 10.6 Å². The van der Waals surface area contributed by atoms with Crippen molar-refractivity contribution in [3.8, 4) is 28.5 Å². The molecule has 2 aromatic carbocycles. The molecule has 112 valence electrons. The average Bonchev–Trinajstić information content (AvgIpc) is 2.57. The molecule has 0 unspecified atom stereocenters. The zero-order valence-corrected chi connectivity index (χ0v) is 13.3. The summed E-state index contributed by atoms with van der Waals surface area (Å²) < 4.78 is 0. The van der Waals surface area contributed by atoms with E-state index in [1.807, 2.05) is 55.5 Å². The summed E-state index contributed by atoms with van der Waals surface area (Å²) in [6.07, 6.45) is 0. The highest BCUT2D eigenvalue weighted by molar-refractivity contribution is 6.30. The van der Waals surface area contributed by atoms with E-state index in [9.17, 15) is 5.26 Å². The van der Waals surface area contributed by atoms with Gasteiger partial charge in [0.1, 0.15) is 17.5 Å². The van der Waals surface area contributed by atoms with Crippen LogP contribution < -0.4 is 5.73 Å². The Labute approximate surface area is 140 Å². The fraction of sp³-hybridized carbons (Fsp3) is 0.0526. The van der Waals surface area contributed by atoms with Gasteiger partial charge in [-0.25, -0.2) is 4.98 Å². The predicted molar refractivity (Wildman–Crippen MR) is 94.0 cm³/mol. The predicted octanol–water partition coefficient (Wildman–Crippen LogP) is 4.83. The minimum atomic E-state index is 0.229. The van der Waals surface area contributed by atoms with Gasteiger partial charge in [0.25, 0.3) is 0 Å². The first kappa shape index (κ1) is 15.1. The molecule has 1 aromatic heterocycles. The standard InChI is InChI=1S/C19H14ClN3/c1-12-17(14-8-5-9-15(20)10-14)16(11-21)19(22)23-18(12)13-6-3-2-4-7-13/h2-10H,1H3,(H2,22,23). The van der Waals surface area contributed by atoms with Gasteiger partial charge in [-0.3, -0.25) is 0 Å². The second kappa shape index (κ2) is 6.12. The van der Waals surface area contributed by atoms with Crippen LogP contribution in [-0.4, -0.2) is 4.98 Å². The van der Waals surface area contributed by atoms with Gasteiger partial charge < -0.3 is 5.73 Å². The third kappa shape index (κ3) is 2.77. The van der Waals surface area contributed by atoms with Crippen molar-refractivity contribution in [2.45, 2.75) is 6.92 Å². The van der Waals surface area contributed by atoms with Crippen molar-refractivity contribution in [1.29, 1.82) is 5.26 Å². The Balaban J connectivity index is 2.34. The van der Waals surface area contributed by atoms with E-state index in [0.717, 1.165) is 27.9 Å². The summed E-state index contributed by atoms with van der Waals surface area (Å²) in [6, 6.07) is 19.4. The van der Waals surface area contributed by atoms with Crippen molar-refractivity contribution < 1.29 is 0 Å². The van der Waals surface area contributed by atoms with Crippen molar-refractivity contribution in [2.75, 3.05) is 5.73 Å². The molecular formula is C19H14ClN3. The topological polar surface area (TPSA) is 62.7 Å². The van der Waals surface area contributed by atoms with Crippen LogP contribution in [0.1, 0.15) is 11.1 Å². The Morgan fingerprint density at radius 1 is 1.04 bits per heavy atom. The maximum Gasteiger partial charge on any atom is 0.142 e. The van der Waals surface area contributed by atoms with Gasteiger partial charge in [-0.15, -0.1) is 0 Å². The summed E-state index contributed by atoms with van der Waals surface area (Å²) in [5, 5.41) is 10.1. The summed E-state index contributed by atoms with van der Waals surface area (Å²) in [6.45, 7) is 1.95. The number of pyridine rings is 1. The van der Waals surface area contributed by atoms with Gasteiger partial charge in [0.05, 0.1) is 5.69 Å². The molecule has 0 fully saturated rings. The number of nitrogen functional groups attached to an aromatic ring is 1. The molecule has 0 spiro atoms. The number of halogens is 1. The lowest BCUT2D eigenvalue weighted by molar-refractivity contribution is 1.26. The molecule has 1 heterocycles. The third-order valence-corrected chi connectivity index (χ3v) is 3.98. The average molecular weight is 320 g/mol. The molecule has 23 heavy (non-hydrogen) atoms. The highest BCUT2D eigenvalue weighted by atomic mass is 35.5. The Bertz CT molecular complexity index is 912. The van der Waals surface area contributed by atoms with E-state index in [1.165, 1.54) is 0 Å². The van der Waals surface area contributed by atoms with Crippen molar-refractivity contribution in [2.24, 2.45) is 0 Å². The van der Waals surface area contributed by atoms with Gasteiger partial charge in [-0.1, -0.05) is 54.1 Å². The molecule has 0 aliphatic carbocycles. The van der Waals surface area contributed by atoms with Gasteiger partial charge in [-0.2, -0.15) is 5.26 Å². The van der Waals surface area contributed by atoms with Crippen molar-refractivity contribution in [3.05, 3.63) is 70.7 Å².